The van der Waals surface area contributed by atoms with E-state index in [0.717, 1.165) is 41.7 Å². The Morgan fingerprint density at radius 2 is 1.89 bits per heavy atom. The molecule has 8 nitrogen and oxygen atoms in total. The Bertz CT molecular complexity index is 1490. The summed E-state index contributed by atoms with van der Waals surface area (Å²) in [5.74, 6) is -1.40. The van der Waals surface area contributed by atoms with Crippen molar-refractivity contribution < 1.29 is 22.7 Å². The predicted octanol–water partition coefficient (Wildman–Crippen LogP) is 4.71. The second-order valence-corrected chi connectivity index (χ2v) is 11.4. The first-order valence-corrected chi connectivity index (χ1v) is 13.7. The molecule has 0 bridgehead atoms. The Hall–Kier alpha value is -3.68. The molecule has 10 heteroatoms. The van der Waals surface area contributed by atoms with E-state index in [9.17, 15) is 23.3 Å². The van der Waals surface area contributed by atoms with Crippen LogP contribution in [-0.2, 0) is 32.4 Å². The number of hydrogen-bond acceptors (Lipinski definition) is 7. The van der Waals surface area contributed by atoms with Crippen molar-refractivity contribution in [3.63, 3.8) is 0 Å². The molecule has 3 aromatic rings. The number of carbonyl (C=O) groups is 2. The quantitative estimate of drug-likeness (QED) is 0.432. The van der Waals surface area contributed by atoms with Gasteiger partial charge in [0.2, 0.25) is 0 Å². The Morgan fingerprint density at radius 3 is 2.64 bits per heavy atom. The Balaban J connectivity index is 1.44. The molecule has 0 radical (unpaired) electrons. The van der Waals surface area contributed by atoms with Crippen LogP contribution in [-0.4, -0.2) is 26.9 Å². The summed E-state index contributed by atoms with van der Waals surface area (Å²) in [4.78, 5) is 26.1. The van der Waals surface area contributed by atoms with Crippen molar-refractivity contribution in [1.29, 1.82) is 5.26 Å². The minimum atomic E-state index is -3.96. The Morgan fingerprint density at radius 1 is 1.11 bits per heavy atom. The largest absolute Gasteiger partial charge is 0.452 e. The number of thiophene rings is 1. The molecular formula is C26H25N3O5S2. The monoisotopic (exact) mass is 523 g/mol. The van der Waals surface area contributed by atoms with E-state index < -0.39 is 28.5 Å². The number of hydrogen-bond donors (Lipinski definition) is 2. The van der Waals surface area contributed by atoms with E-state index in [0.29, 0.717) is 21.8 Å². The van der Waals surface area contributed by atoms with Crippen LogP contribution in [0.5, 0.6) is 0 Å². The van der Waals surface area contributed by atoms with Gasteiger partial charge in [-0.25, -0.2) is 13.2 Å². The first kappa shape index (κ1) is 25.4. The smallest absolute Gasteiger partial charge is 0.338 e. The van der Waals surface area contributed by atoms with E-state index in [2.05, 4.69) is 16.1 Å². The van der Waals surface area contributed by atoms with E-state index >= 15 is 0 Å². The van der Waals surface area contributed by atoms with Crippen LogP contribution in [0.1, 0.15) is 50.3 Å². The van der Waals surface area contributed by atoms with Gasteiger partial charge in [-0.15, -0.1) is 11.3 Å². The van der Waals surface area contributed by atoms with E-state index in [1.54, 1.807) is 25.1 Å². The third kappa shape index (κ3) is 5.58. The highest BCUT2D eigenvalue weighted by atomic mass is 32.2. The second kappa shape index (κ2) is 10.5. The average Bonchev–Trinajstić information content (AvgIpc) is 3.19. The van der Waals surface area contributed by atoms with Crippen molar-refractivity contribution in [3.05, 3.63) is 75.2 Å². The fourth-order valence-corrected chi connectivity index (χ4v) is 6.66. The van der Waals surface area contributed by atoms with Crippen molar-refractivity contribution in [3.8, 4) is 6.07 Å². The lowest BCUT2D eigenvalue weighted by atomic mass is 9.96. The maximum atomic E-state index is 13.0. The topological polar surface area (TPSA) is 125 Å². The number of esters is 1. The van der Waals surface area contributed by atoms with Crippen LogP contribution in [0.3, 0.4) is 0 Å². The summed E-state index contributed by atoms with van der Waals surface area (Å²) < 4.78 is 33.6. The molecule has 1 aromatic heterocycles. The van der Waals surface area contributed by atoms with Gasteiger partial charge in [0.15, 0.2) is 6.61 Å². The van der Waals surface area contributed by atoms with Crippen LogP contribution in [0.15, 0.2) is 47.4 Å². The van der Waals surface area contributed by atoms with Crippen LogP contribution in [0.25, 0.3) is 0 Å². The third-order valence-electron chi connectivity index (χ3n) is 5.85. The number of anilines is 2. The highest BCUT2D eigenvalue weighted by molar-refractivity contribution is 7.92. The number of sulfonamides is 1. The SMILES string of the molecule is Cc1cccc(NS(=O)(=O)c2cc(C(=O)OCC(=O)Nc3sc4c(c3C#N)CCCC4)ccc2C)c1. The number of benzene rings is 2. The van der Waals surface area contributed by atoms with Crippen LogP contribution >= 0.6 is 11.3 Å². The minimum Gasteiger partial charge on any atom is -0.452 e. The first-order chi connectivity index (χ1) is 17.2. The molecule has 0 unspecified atom stereocenters. The Labute approximate surface area is 214 Å². The van der Waals surface area contributed by atoms with Gasteiger partial charge in [0.05, 0.1) is 16.0 Å². The van der Waals surface area contributed by atoms with Gasteiger partial charge in [0, 0.05) is 10.6 Å². The summed E-state index contributed by atoms with van der Waals surface area (Å²) in [5.41, 5.74) is 3.23. The second-order valence-electron chi connectivity index (χ2n) is 8.61. The number of nitriles is 1. The molecule has 1 aliphatic carbocycles. The highest BCUT2D eigenvalue weighted by Crippen LogP contribution is 2.37. The molecule has 0 saturated carbocycles. The zero-order valence-corrected chi connectivity index (χ0v) is 21.5. The molecule has 186 valence electrons. The molecule has 1 aliphatic rings. The number of aryl methyl sites for hydroxylation is 3. The van der Waals surface area contributed by atoms with E-state index in [-0.39, 0.29) is 10.5 Å². The van der Waals surface area contributed by atoms with Gasteiger partial charge in [0.1, 0.15) is 11.1 Å². The summed E-state index contributed by atoms with van der Waals surface area (Å²) in [7, 11) is -3.96. The van der Waals surface area contributed by atoms with Gasteiger partial charge >= 0.3 is 5.97 Å². The molecule has 0 saturated heterocycles. The van der Waals surface area contributed by atoms with Gasteiger partial charge in [-0.3, -0.25) is 9.52 Å². The van der Waals surface area contributed by atoms with E-state index in [1.165, 1.54) is 29.5 Å². The van der Waals surface area contributed by atoms with Crippen LogP contribution in [0, 0.1) is 25.2 Å². The molecule has 0 fully saturated rings. The lowest BCUT2D eigenvalue weighted by molar-refractivity contribution is -0.119. The third-order valence-corrected chi connectivity index (χ3v) is 8.58. The van der Waals surface area contributed by atoms with Gasteiger partial charge in [-0.1, -0.05) is 18.2 Å². The zero-order chi connectivity index (χ0) is 25.9. The van der Waals surface area contributed by atoms with Gasteiger partial charge in [-0.05, 0) is 80.5 Å². The number of ether oxygens (including phenoxy) is 1. The van der Waals surface area contributed by atoms with Crippen LogP contribution < -0.4 is 10.0 Å². The summed E-state index contributed by atoms with van der Waals surface area (Å²) in [6.07, 6.45) is 3.77. The number of carbonyl (C=O) groups excluding carboxylic acids is 2. The number of amides is 1. The molecule has 0 spiro atoms. The van der Waals surface area contributed by atoms with Crippen LogP contribution in [0.4, 0.5) is 10.7 Å². The molecular weight excluding hydrogens is 498 g/mol. The standard InChI is InChI=1S/C26H25N3O5S2/c1-16-6-5-7-19(12-16)29-36(32,33)23-13-18(11-10-17(23)2)26(31)34-15-24(30)28-25-21(14-27)20-8-3-4-9-22(20)35-25/h5-7,10-13,29H,3-4,8-9,15H2,1-2H3,(H,28,30). The van der Waals surface area contributed by atoms with Crippen molar-refractivity contribution >= 4 is 43.9 Å². The summed E-state index contributed by atoms with van der Waals surface area (Å²) in [6.45, 7) is 2.91. The molecule has 2 aromatic carbocycles. The lowest BCUT2D eigenvalue weighted by Gasteiger charge is -2.12. The molecule has 36 heavy (non-hydrogen) atoms. The van der Waals surface area contributed by atoms with Crippen molar-refractivity contribution in [2.75, 3.05) is 16.6 Å². The lowest BCUT2D eigenvalue weighted by Crippen LogP contribution is -2.21. The minimum absolute atomic E-state index is 0.00215. The molecule has 1 heterocycles. The average molecular weight is 524 g/mol. The normalized spacial score (nSPS) is 12.8. The van der Waals surface area contributed by atoms with E-state index in [1.807, 2.05) is 13.0 Å². The summed E-state index contributed by atoms with van der Waals surface area (Å²) in [5, 5.41) is 12.7. The number of rotatable bonds is 7. The maximum absolute atomic E-state index is 13.0. The number of nitrogens with one attached hydrogen (secondary N) is 2. The highest BCUT2D eigenvalue weighted by Gasteiger charge is 2.23. The molecule has 4 rings (SSSR count). The summed E-state index contributed by atoms with van der Waals surface area (Å²) >= 11 is 1.38. The molecule has 2 N–H and O–H groups in total. The van der Waals surface area contributed by atoms with Gasteiger partial charge in [-0.2, -0.15) is 5.26 Å². The number of nitrogens with zero attached hydrogens (tertiary/aromatic N) is 1. The molecule has 1 amide bonds. The van der Waals surface area contributed by atoms with Crippen molar-refractivity contribution in [2.24, 2.45) is 0 Å². The van der Waals surface area contributed by atoms with Gasteiger partial charge < -0.3 is 10.1 Å². The van der Waals surface area contributed by atoms with Crippen LogP contribution in [0.2, 0.25) is 0 Å². The fraction of sp³-hybridized carbons (Fsp3) is 0.269. The van der Waals surface area contributed by atoms with Crippen molar-refractivity contribution in [2.45, 2.75) is 44.4 Å². The first-order valence-electron chi connectivity index (χ1n) is 11.4. The summed E-state index contributed by atoms with van der Waals surface area (Å²) in [6, 6.07) is 13.3. The van der Waals surface area contributed by atoms with Gasteiger partial charge in [0.25, 0.3) is 15.9 Å². The molecule has 0 atom stereocenters. The van der Waals surface area contributed by atoms with E-state index in [4.69, 9.17) is 4.74 Å². The predicted molar refractivity (Wildman–Crippen MR) is 138 cm³/mol. The fourth-order valence-electron chi connectivity index (χ4n) is 4.08. The molecule has 0 aliphatic heterocycles. The Kier molecular flexibility index (Phi) is 7.43. The van der Waals surface area contributed by atoms with Crippen molar-refractivity contribution in [1.82, 2.24) is 0 Å². The number of fused-ring (bicyclic) bond motifs is 1. The zero-order valence-electron chi connectivity index (χ0n) is 19.9. The maximum Gasteiger partial charge on any atom is 0.338 e.